The van der Waals surface area contributed by atoms with Crippen molar-refractivity contribution < 1.29 is 57.1 Å². The minimum Gasteiger partial charge on any atom is -0.496 e. The summed E-state index contributed by atoms with van der Waals surface area (Å²) in [5, 5.41) is 0. The van der Waals surface area contributed by atoms with Crippen LogP contribution >= 0.6 is 0 Å². The molecule has 66 heavy (non-hydrogen) atoms. The largest absolute Gasteiger partial charge is 0.496 e. The summed E-state index contributed by atoms with van der Waals surface area (Å²) in [6.07, 6.45) is 1.28. The van der Waals surface area contributed by atoms with Gasteiger partial charge in [-0.15, -0.1) is 0 Å². The van der Waals surface area contributed by atoms with Crippen molar-refractivity contribution in [2.24, 2.45) is 0 Å². The molecule has 0 radical (unpaired) electrons. The highest BCUT2D eigenvalue weighted by atomic mass is 16.5. The highest BCUT2D eigenvalue weighted by molar-refractivity contribution is 5.78. The number of esters is 5. The van der Waals surface area contributed by atoms with Gasteiger partial charge in [0.1, 0.15) is 17.2 Å². The fourth-order valence-electron chi connectivity index (χ4n) is 7.45. The molecule has 0 saturated carbocycles. The molecule has 16 heteroatoms. The predicted molar refractivity (Wildman–Crippen MR) is 259 cm³/mol. The topological polar surface area (TPSA) is 163 Å². The van der Waals surface area contributed by atoms with E-state index < -0.39 is 5.92 Å². The molecule has 3 aromatic rings. The smallest absolute Gasteiger partial charge is 0.307 e. The number of hydrogen-bond donors (Lipinski definition) is 0. The highest BCUT2D eigenvalue weighted by Gasteiger charge is 2.34. The van der Waals surface area contributed by atoms with Gasteiger partial charge in [-0.1, -0.05) is 39.8 Å². The number of rotatable bonds is 24. The van der Waals surface area contributed by atoms with Gasteiger partial charge in [-0.3, -0.25) is 24.0 Å². The zero-order valence-electron chi connectivity index (χ0n) is 41.6. The monoisotopic (exact) mass is 923 g/mol. The zero-order valence-corrected chi connectivity index (χ0v) is 41.6. The van der Waals surface area contributed by atoms with Crippen LogP contribution in [0.15, 0.2) is 48.5 Å². The Balaban J connectivity index is 0.00000364. The van der Waals surface area contributed by atoms with Crippen LogP contribution in [-0.2, 0) is 47.7 Å². The van der Waals surface area contributed by atoms with Crippen molar-refractivity contribution in [3.05, 3.63) is 65.2 Å². The van der Waals surface area contributed by atoms with Crippen molar-refractivity contribution in [3.63, 3.8) is 0 Å². The minimum absolute atomic E-state index is 0.0892. The molecule has 0 saturated heterocycles. The van der Waals surface area contributed by atoms with E-state index in [2.05, 4.69) is 22.8 Å². The predicted octanol–water partition coefficient (Wildman–Crippen LogP) is 8.13. The molecule has 0 aromatic heterocycles. The van der Waals surface area contributed by atoms with Crippen LogP contribution in [0.2, 0.25) is 0 Å². The van der Waals surface area contributed by atoms with Crippen LogP contribution in [0.25, 0.3) is 0 Å². The molecule has 1 heterocycles. The van der Waals surface area contributed by atoms with Gasteiger partial charge in [-0.25, -0.2) is 0 Å². The van der Waals surface area contributed by atoms with E-state index in [1.54, 1.807) is 14.0 Å². The molecule has 0 atom stereocenters. The van der Waals surface area contributed by atoms with Crippen LogP contribution in [0.3, 0.4) is 0 Å². The third-order valence-corrected chi connectivity index (χ3v) is 10.8. The van der Waals surface area contributed by atoms with Crippen LogP contribution in [0.1, 0.15) is 103 Å². The normalized spacial score (nSPS) is 11.0. The summed E-state index contributed by atoms with van der Waals surface area (Å²) in [6.45, 7) is 14.6. The number of carbonyl (C=O) groups is 5. The molecule has 0 fully saturated rings. The van der Waals surface area contributed by atoms with Crippen LogP contribution in [-0.4, -0.2) is 125 Å². The van der Waals surface area contributed by atoms with Crippen molar-refractivity contribution in [1.82, 2.24) is 0 Å². The van der Waals surface area contributed by atoms with Gasteiger partial charge >= 0.3 is 29.8 Å². The number of methoxy groups -OCH3 is 5. The Bertz CT molecular complexity index is 1890. The van der Waals surface area contributed by atoms with E-state index >= 15 is 0 Å². The van der Waals surface area contributed by atoms with Gasteiger partial charge in [0.05, 0.1) is 79.2 Å². The second-order valence-electron chi connectivity index (χ2n) is 14.7. The van der Waals surface area contributed by atoms with E-state index in [4.69, 9.17) is 33.2 Å². The highest BCUT2D eigenvalue weighted by Crippen LogP contribution is 2.52. The second kappa shape index (κ2) is 29.4. The molecule has 0 unspecified atom stereocenters. The first kappa shape index (κ1) is 55.9. The number of anilines is 4. The number of carbonyl (C=O) groups excluding carboxylic acids is 5. The third-order valence-electron chi connectivity index (χ3n) is 10.8. The lowest BCUT2D eigenvalue weighted by Crippen LogP contribution is -2.30. The van der Waals surface area contributed by atoms with E-state index in [1.165, 1.54) is 28.4 Å². The maximum atomic E-state index is 12.3. The average Bonchev–Trinajstić information content (AvgIpc) is 3.34. The van der Waals surface area contributed by atoms with Gasteiger partial charge in [0.25, 0.3) is 0 Å². The summed E-state index contributed by atoms with van der Waals surface area (Å²) in [4.78, 5) is 69.4. The third kappa shape index (κ3) is 15.8. The number of fused-ring (bicyclic) bond motifs is 2. The maximum Gasteiger partial charge on any atom is 0.307 e. The van der Waals surface area contributed by atoms with Crippen LogP contribution in [0.4, 0.5) is 22.7 Å². The van der Waals surface area contributed by atoms with Gasteiger partial charge in [0, 0.05) is 112 Å². The standard InChI is InChI=1S/C46H62N4O12.2C2H6/c1-10-48(22-12-13-45(55)61-11-2)37-30-38(56-5)35(29-36(37)47(3)4)46-33-16-14-31(49(23-18-41(51)57-6)24-19-42(52)58-7)27-39(33)62-40-28-32(15-17-34(40)46)50(25-20-43(53)59-8)26-21-44(54)60-9;2*1-2/h14-17,27-30,46H,10-13,18-26H2,1-9H3;2*1-2H3. The minimum atomic E-state index is -0.407. The summed E-state index contributed by atoms with van der Waals surface area (Å²) in [5.41, 5.74) is 5.88. The molecule has 366 valence electrons. The molecule has 1 aliphatic rings. The lowest BCUT2D eigenvalue weighted by Gasteiger charge is -2.34. The summed E-state index contributed by atoms with van der Waals surface area (Å²) >= 11 is 0. The van der Waals surface area contributed by atoms with Crippen molar-refractivity contribution >= 4 is 52.6 Å². The number of ether oxygens (including phenoxy) is 7. The molecular weight excluding hydrogens is 849 g/mol. The fourth-order valence-corrected chi connectivity index (χ4v) is 7.45. The van der Waals surface area contributed by atoms with Crippen molar-refractivity contribution in [3.8, 4) is 17.2 Å². The van der Waals surface area contributed by atoms with E-state index in [0.717, 1.165) is 28.1 Å². The first-order valence-electron chi connectivity index (χ1n) is 22.8. The molecule has 0 bridgehead atoms. The summed E-state index contributed by atoms with van der Waals surface area (Å²) in [6, 6.07) is 15.8. The number of nitrogens with zero attached hydrogens (tertiary/aromatic N) is 4. The van der Waals surface area contributed by atoms with Crippen LogP contribution in [0.5, 0.6) is 17.2 Å². The Hall–Kier alpha value is -6.19. The van der Waals surface area contributed by atoms with Crippen LogP contribution < -0.4 is 29.1 Å². The molecule has 16 nitrogen and oxygen atoms in total. The van der Waals surface area contributed by atoms with E-state index in [1.807, 2.05) is 94.1 Å². The Kier molecular flexibility index (Phi) is 24.9. The fraction of sp³-hybridized carbons (Fsp3) is 0.540. The van der Waals surface area contributed by atoms with Gasteiger partial charge in [0.15, 0.2) is 0 Å². The van der Waals surface area contributed by atoms with Crippen molar-refractivity contribution in [2.75, 3.05) is 115 Å². The molecule has 3 aromatic carbocycles. The Morgan fingerprint density at radius 1 is 0.530 bits per heavy atom. The van der Waals surface area contributed by atoms with E-state index in [9.17, 15) is 24.0 Å². The second-order valence-corrected chi connectivity index (χ2v) is 14.7. The van der Waals surface area contributed by atoms with E-state index in [0.29, 0.717) is 61.2 Å². The van der Waals surface area contributed by atoms with E-state index in [-0.39, 0.29) is 81.7 Å². The Morgan fingerprint density at radius 3 is 1.33 bits per heavy atom. The Morgan fingerprint density at radius 2 is 0.970 bits per heavy atom. The number of hydrogen-bond acceptors (Lipinski definition) is 16. The molecule has 0 amide bonds. The lowest BCUT2D eigenvalue weighted by atomic mass is 9.81. The number of benzene rings is 3. The van der Waals surface area contributed by atoms with Crippen molar-refractivity contribution in [2.45, 2.75) is 86.0 Å². The summed E-state index contributed by atoms with van der Waals surface area (Å²) in [5.74, 6) is -0.459. The lowest BCUT2D eigenvalue weighted by molar-refractivity contribution is -0.143. The first-order valence-corrected chi connectivity index (χ1v) is 22.8. The molecular formula is C50H74N4O12. The van der Waals surface area contributed by atoms with Gasteiger partial charge in [0.2, 0.25) is 0 Å². The van der Waals surface area contributed by atoms with Gasteiger partial charge in [-0.2, -0.15) is 0 Å². The molecule has 0 aliphatic carbocycles. The Labute approximate surface area is 392 Å². The van der Waals surface area contributed by atoms with Crippen molar-refractivity contribution in [1.29, 1.82) is 0 Å². The summed E-state index contributed by atoms with van der Waals surface area (Å²) < 4.78 is 37.9. The molecule has 0 spiro atoms. The molecule has 1 aliphatic heterocycles. The maximum absolute atomic E-state index is 12.3. The first-order chi connectivity index (χ1) is 31.8. The quantitative estimate of drug-likeness (QED) is 0.0488. The van der Waals surface area contributed by atoms with Gasteiger partial charge < -0.3 is 52.8 Å². The SMILES string of the molecule is CC.CC.CCOC(=O)CCCN(CC)c1cc(OC)c(C2c3ccc(N(CCC(=O)OC)CCC(=O)OC)cc3Oc3cc(N(CCC(=O)OC)CCC(=O)OC)ccc32)cc1N(C)C. The summed E-state index contributed by atoms with van der Waals surface area (Å²) in [7, 11) is 10.9. The molecule has 4 rings (SSSR count). The average molecular weight is 923 g/mol. The van der Waals surface area contributed by atoms with Crippen LogP contribution in [0, 0.1) is 0 Å². The molecule has 0 N–H and O–H groups in total. The zero-order chi connectivity index (χ0) is 49.3. The van der Waals surface area contributed by atoms with Gasteiger partial charge in [-0.05, 0) is 38.5 Å².